The van der Waals surface area contributed by atoms with Crippen LogP contribution in [0.15, 0.2) is 18.6 Å². The minimum absolute atomic E-state index is 0.577. The Labute approximate surface area is 109 Å². The van der Waals surface area contributed by atoms with Gasteiger partial charge in [0.15, 0.2) is 0 Å². The highest BCUT2D eigenvalue weighted by Gasteiger charge is 2.17. The highest BCUT2D eigenvalue weighted by atomic mass is 15.2. The summed E-state index contributed by atoms with van der Waals surface area (Å²) in [5.74, 6) is 1.57. The van der Waals surface area contributed by atoms with Crippen molar-refractivity contribution in [2.75, 3.05) is 44.2 Å². The molecular formula is C13H23N5. The molecule has 1 aliphatic heterocycles. The van der Waals surface area contributed by atoms with E-state index in [2.05, 4.69) is 26.7 Å². The average molecular weight is 249 g/mol. The zero-order valence-corrected chi connectivity index (χ0v) is 11.1. The summed E-state index contributed by atoms with van der Waals surface area (Å²) >= 11 is 0. The Morgan fingerprint density at radius 2 is 2.17 bits per heavy atom. The van der Waals surface area contributed by atoms with Crippen molar-refractivity contribution in [3.8, 4) is 0 Å². The number of rotatable bonds is 4. The van der Waals surface area contributed by atoms with Crippen LogP contribution in [0, 0.1) is 5.92 Å². The lowest BCUT2D eigenvalue weighted by atomic mass is 10.1. The summed E-state index contributed by atoms with van der Waals surface area (Å²) in [5, 5.41) is 0. The molecule has 1 saturated heterocycles. The molecule has 0 bridgehead atoms. The van der Waals surface area contributed by atoms with Crippen LogP contribution in [0.3, 0.4) is 0 Å². The van der Waals surface area contributed by atoms with E-state index in [-0.39, 0.29) is 0 Å². The van der Waals surface area contributed by atoms with Gasteiger partial charge >= 0.3 is 0 Å². The summed E-state index contributed by atoms with van der Waals surface area (Å²) in [5.41, 5.74) is 5.69. The first-order chi connectivity index (χ1) is 8.79. The normalized spacial score (nSPS) is 19.6. The van der Waals surface area contributed by atoms with Crippen LogP contribution in [0.4, 0.5) is 5.82 Å². The molecule has 5 nitrogen and oxygen atoms in total. The van der Waals surface area contributed by atoms with Crippen LogP contribution in [0.1, 0.15) is 13.3 Å². The van der Waals surface area contributed by atoms with Gasteiger partial charge in [-0.3, -0.25) is 4.98 Å². The van der Waals surface area contributed by atoms with E-state index >= 15 is 0 Å². The fourth-order valence-corrected chi connectivity index (χ4v) is 2.35. The fraction of sp³-hybridized carbons (Fsp3) is 0.692. The molecule has 1 atom stereocenters. The maximum absolute atomic E-state index is 5.69. The van der Waals surface area contributed by atoms with Crippen molar-refractivity contribution >= 4 is 5.82 Å². The van der Waals surface area contributed by atoms with Gasteiger partial charge in [0.05, 0.1) is 6.20 Å². The van der Waals surface area contributed by atoms with Crippen molar-refractivity contribution < 1.29 is 0 Å². The van der Waals surface area contributed by atoms with E-state index in [4.69, 9.17) is 5.73 Å². The Hall–Kier alpha value is -1.20. The molecule has 0 amide bonds. The van der Waals surface area contributed by atoms with Gasteiger partial charge in [-0.1, -0.05) is 6.92 Å². The number of hydrogen-bond donors (Lipinski definition) is 1. The molecule has 2 heterocycles. The van der Waals surface area contributed by atoms with Crippen LogP contribution >= 0.6 is 0 Å². The van der Waals surface area contributed by atoms with Crippen LogP contribution in [0.25, 0.3) is 0 Å². The third kappa shape index (κ3) is 3.65. The van der Waals surface area contributed by atoms with Crippen LogP contribution in [-0.2, 0) is 0 Å². The Kier molecular flexibility index (Phi) is 4.90. The van der Waals surface area contributed by atoms with Crippen LogP contribution < -0.4 is 10.6 Å². The van der Waals surface area contributed by atoms with Gasteiger partial charge in [-0.05, 0) is 25.4 Å². The quantitative estimate of drug-likeness (QED) is 0.846. The third-order valence-corrected chi connectivity index (χ3v) is 3.43. The molecule has 1 fully saturated rings. The van der Waals surface area contributed by atoms with Gasteiger partial charge in [-0.2, -0.15) is 0 Å². The maximum atomic E-state index is 5.69. The first kappa shape index (κ1) is 13.2. The first-order valence-electron chi connectivity index (χ1n) is 6.73. The lowest BCUT2D eigenvalue weighted by Gasteiger charge is -2.24. The van der Waals surface area contributed by atoms with Gasteiger partial charge in [-0.25, -0.2) is 4.98 Å². The molecule has 1 unspecified atom stereocenters. The second-order valence-corrected chi connectivity index (χ2v) is 5.05. The Bertz CT molecular complexity index is 342. The smallest absolute Gasteiger partial charge is 0.147 e. The molecule has 2 rings (SSSR count). The van der Waals surface area contributed by atoms with Crippen molar-refractivity contribution in [2.45, 2.75) is 13.3 Å². The molecule has 1 aromatic rings. The lowest BCUT2D eigenvalue weighted by molar-refractivity contribution is 0.255. The number of hydrogen-bond acceptors (Lipinski definition) is 5. The van der Waals surface area contributed by atoms with Crippen molar-refractivity contribution in [2.24, 2.45) is 11.7 Å². The third-order valence-electron chi connectivity index (χ3n) is 3.43. The average Bonchev–Trinajstić information content (AvgIpc) is 2.65. The van der Waals surface area contributed by atoms with Gasteiger partial charge in [0.25, 0.3) is 0 Å². The molecule has 0 saturated carbocycles. The van der Waals surface area contributed by atoms with Crippen LogP contribution in [0.5, 0.6) is 0 Å². The predicted molar refractivity (Wildman–Crippen MR) is 73.5 cm³/mol. The maximum Gasteiger partial charge on any atom is 0.147 e. The number of anilines is 1. The van der Waals surface area contributed by atoms with Crippen molar-refractivity contribution in [3.05, 3.63) is 18.6 Å². The molecule has 1 aliphatic rings. The van der Waals surface area contributed by atoms with Gasteiger partial charge in [0, 0.05) is 38.6 Å². The van der Waals surface area contributed by atoms with Crippen LogP contribution in [-0.4, -0.2) is 54.1 Å². The molecule has 0 aliphatic carbocycles. The molecule has 0 aromatic carbocycles. The van der Waals surface area contributed by atoms with E-state index in [1.54, 1.807) is 12.4 Å². The Morgan fingerprint density at radius 3 is 2.89 bits per heavy atom. The predicted octanol–water partition coefficient (Wildman–Crippen LogP) is 0.584. The number of aromatic nitrogens is 2. The summed E-state index contributed by atoms with van der Waals surface area (Å²) in [4.78, 5) is 13.3. The second kappa shape index (κ2) is 6.66. The van der Waals surface area contributed by atoms with Gasteiger partial charge in [0.2, 0.25) is 0 Å². The van der Waals surface area contributed by atoms with Gasteiger partial charge in [0.1, 0.15) is 5.82 Å². The number of nitrogens with two attached hydrogens (primary N) is 1. The number of nitrogens with zero attached hydrogens (tertiary/aromatic N) is 4. The fourth-order valence-electron chi connectivity index (χ4n) is 2.35. The molecule has 0 spiro atoms. The molecule has 5 heteroatoms. The zero-order valence-electron chi connectivity index (χ0n) is 11.1. The van der Waals surface area contributed by atoms with E-state index in [0.29, 0.717) is 5.92 Å². The first-order valence-corrected chi connectivity index (χ1v) is 6.73. The summed E-state index contributed by atoms with van der Waals surface area (Å²) in [6.07, 6.45) is 6.50. The zero-order chi connectivity index (χ0) is 12.8. The van der Waals surface area contributed by atoms with E-state index in [1.807, 2.05) is 6.20 Å². The van der Waals surface area contributed by atoms with Crippen LogP contribution in [0.2, 0.25) is 0 Å². The standard InChI is InChI=1S/C13H23N5/c1-12(9-14)11-17-5-2-6-18(8-7-17)13-10-15-3-4-16-13/h3-4,10,12H,2,5-9,11,14H2,1H3. The Morgan fingerprint density at radius 1 is 1.28 bits per heavy atom. The minimum Gasteiger partial charge on any atom is -0.354 e. The Balaban J connectivity index is 1.89. The van der Waals surface area contributed by atoms with E-state index in [1.165, 1.54) is 6.42 Å². The monoisotopic (exact) mass is 249 g/mol. The SMILES string of the molecule is CC(CN)CN1CCCN(c2cnccn2)CC1. The molecule has 18 heavy (non-hydrogen) atoms. The summed E-state index contributed by atoms with van der Waals surface area (Å²) in [6.45, 7) is 8.41. The molecule has 100 valence electrons. The lowest BCUT2D eigenvalue weighted by Crippen LogP contribution is -2.35. The summed E-state index contributed by atoms with van der Waals surface area (Å²) in [7, 11) is 0. The van der Waals surface area contributed by atoms with Crippen molar-refractivity contribution in [1.29, 1.82) is 0 Å². The molecular weight excluding hydrogens is 226 g/mol. The topological polar surface area (TPSA) is 58.3 Å². The van der Waals surface area contributed by atoms with E-state index in [9.17, 15) is 0 Å². The second-order valence-electron chi connectivity index (χ2n) is 5.05. The molecule has 2 N–H and O–H groups in total. The van der Waals surface area contributed by atoms with Crippen molar-refractivity contribution in [1.82, 2.24) is 14.9 Å². The summed E-state index contributed by atoms with van der Waals surface area (Å²) in [6, 6.07) is 0. The van der Waals surface area contributed by atoms with Gasteiger partial charge < -0.3 is 15.5 Å². The minimum atomic E-state index is 0.577. The largest absolute Gasteiger partial charge is 0.354 e. The molecule has 1 aromatic heterocycles. The van der Waals surface area contributed by atoms with E-state index in [0.717, 1.165) is 45.1 Å². The van der Waals surface area contributed by atoms with Gasteiger partial charge in [-0.15, -0.1) is 0 Å². The van der Waals surface area contributed by atoms with E-state index < -0.39 is 0 Å². The van der Waals surface area contributed by atoms with Crippen molar-refractivity contribution in [3.63, 3.8) is 0 Å². The highest BCUT2D eigenvalue weighted by molar-refractivity contribution is 5.35. The summed E-state index contributed by atoms with van der Waals surface area (Å²) < 4.78 is 0. The highest BCUT2D eigenvalue weighted by Crippen LogP contribution is 2.12. The molecule has 0 radical (unpaired) electrons.